The van der Waals surface area contributed by atoms with Gasteiger partial charge >= 0.3 is 0 Å². The molecule has 1 saturated heterocycles. The lowest BCUT2D eigenvalue weighted by atomic mass is 9.96. The van der Waals surface area contributed by atoms with E-state index in [0.717, 1.165) is 51.0 Å². The predicted molar refractivity (Wildman–Crippen MR) is 122 cm³/mol. The molecule has 2 rings (SSSR count). The summed E-state index contributed by atoms with van der Waals surface area (Å²) in [5.41, 5.74) is 1.35. The molecule has 27 heavy (non-hydrogen) atoms. The van der Waals surface area contributed by atoms with E-state index in [1.54, 1.807) is 7.11 Å². The number of rotatable bonds is 9. The number of hydrogen-bond acceptors (Lipinski definition) is 4. The monoisotopic (exact) mass is 490 g/mol. The van der Waals surface area contributed by atoms with Gasteiger partial charge in [-0.1, -0.05) is 12.1 Å². The first-order valence-electron chi connectivity index (χ1n) is 9.62. The summed E-state index contributed by atoms with van der Waals surface area (Å²) < 4.78 is 10.6. The third-order valence-corrected chi connectivity index (χ3v) is 4.80. The summed E-state index contributed by atoms with van der Waals surface area (Å²) in [6, 6.07) is 8.39. The fraction of sp³-hybridized carbons (Fsp3) is 0.650. The van der Waals surface area contributed by atoms with Crippen LogP contribution >= 0.6 is 24.0 Å². The quantitative estimate of drug-likeness (QED) is 0.241. The number of guanidine groups is 1. The average Bonchev–Trinajstić information content (AvgIpc) is 2.69. The minimum absolute atomic E-state index is 0. The predicted octanol–water partition coefficient (Wildman–Crippen LogP) is 2.73. The van der Waals surface area contributed by atoms with Gasteiger partial charge in [0.1, 0.15) is 5.75 Å². The Morgan fingerprint density at radius 2 is 1.89 bits per heavy atom. The van der Waals surface area contributed by atoms with E-state index in [9.17, 15) is 0 Å². The van der Waals surface area contributed by atoms with Gasteiger partial charge < -0.3 is 20.1 Å². The summed E-state index contributed by atoms with van der Waals surface area (Å²) in [6.45, 7) is 8.55. The van der Waals surface area contributed by atoms with E-state index in [2.05, 4.69) is 32.7 Å². The van der Waals surface area contributed by atoms with Crippen LogP contribution in [0.4, 0.5) is 0 Å². The molecule has 1 aliphatic heterocycles. The maximum atomic E-state index is 5.34. The zero-order chi connectivity index (χ0) is 18.6. The van der Waals surface area contributed by atoms with Gasteiger partial charge in [0.05, 0.1) is 13.7 Å². The van der Waals surface area contributed by atoms with Crippen LogP contribution in [0, 0.1) is 5.92 Å². The number of aliphatic imine (C=N–C) groups is 1. The van der Waals surface area contributed by atoms with Gasteiger partial charge in [-0.05, 0) is 56.5 Å². The van der Waals surface area contributed by atoms with Crippen molar-refractivity contribution in [1.29, 1.82) is 0 Å². The van der Waals surface area contributed by atoms with Crippen molar-refractivity contribution in [2.45, 2.75) is 26.3 Å². The van der Waals surface area contributed by atoms with Gasteiger partial charge in [-0.15, -0.1) is 24.0 Å². The molecule has 1 heterocycles. The van der Waals surface area contributed by atoms with Gasteiger partial charge in [0.2, 0.25) is 0 Å². The van der Waals surface area contributed by atoms with E-state index in [1.807, 2.05) is 26.1 Å². The topological polar surface area (TPSA) is 58.1 Å². The lowest BCUT2D eigenvalue weighted by molar-refractivity contribution is 0.152. The molecule has 7 heteroatoms. The smallest absolute Gasteiger partial charge is 0.191 e. The van der Waals surface area contributed by atoms with Crippen molar-refractivity contribution in [2.75, 3.05) is 53.6 Å². The normalized spacial score (nSPS) is 15.9. The van der Waals surface area contributed by atoms with Crippen LogP contribution in [0.1, 0.15) is 25.3 Å². The van der Waals surface area contributed by atoms with Crippen molar-refractivity contribution in [3.63, 3.8) is 0 Å². The fourth-order valence-electron chi connectivity index (χ4n) is 3.19. The third-order valence-electron chi connectivity index (χ3n) is 4.80. The highest BCUT2D eigenvalue weighted by Crippen LogP contribution is 2.19. The Morgan fingerprint density at radius 1 is 1.19 bits per heavy atom. The molecular formula is C20H35IN4O2. The molecule has 2 N–H and O–H groups in total. The van der Waals surface area contributed by atoms with Crippen molar-refractivity contribution < 1.29 is 9.47 Å². The second-order valence-electron chi connectivity index (χ2n) is 6.64. The Kier molecular flexibility index (Phi) is 12.4. The molecule has 0 amide bonds. The Hall–Kier alpha value is -1.06. The largest absolute Gasteiger partial charge is 0.497 e. The number of ether oxygens (including phenoxy) is 2. The molecule has 0 saturated carbocycles. The van der Waals surface area contributed by atoms with Crippen molar-refractivity contribution >= 4 is 29.9 Å². The molecular weight excluding hydrogens is 455 g/mol. The van der Waals surface area contributed by atoms with Crippen molar-refractivity contribution in [2.24, 2.45) is 10.9 Å². The number of benzene rings is 1. The first-order valence-corrected chi connectivity index (χ1v) is 9.62. The molecule has 0 atom stereocenters. The van der Waals surface area contributed by atoms with Crippen molar-refractivity contribution in [3.8, 4) is 5.75 Å². The lowest BCUT2D eigenvalue weighted by Gasteiger charge is -2.32. The summed E-state index contributed by atoms with van der Waals surface area (Å²) in [4.78, 5) is 6.81. The van der Waals surface area contributed by atoms with Crippen LogP contribution in [-0.4, -0.2) is 64.4 Å². The standard InChI is InChI=1S/C20H34N4O2.HI/c1-4-26-14-11-22-20(21-2)23-15-17-9-12-24(13-10-17)16-18-5-7-19(25-3)8-6-18;/h5-8,17H,4,9-16H2,1-3H3,(H2,21,22,23);1H. The summed E-state index contributed by atoms with van der Waals surface area (Å²) in [5, 5.41) is 6.73. The van der Waals surface area contributed by atoms with Gasteiger partial charge in [-0.25, -0.2) is 0 Å². The van der Waals surface area contributed by atoms with Crippen LogP contribution in [0.5, 0.6) is 5.75 Å². The van der Waals surface area contributed by atoms with E-state index >= 15 is 0 Å². The van der Waals surface area contributed by atoms with Crippen molar-refractivity contribution in [1.82, 2.24) is 15.5 Å². The van der Waals surface area contributed by atoms with Crippen LogP contribution < -0.4 is 15.4 Å². The van der Waals surface area contributed by atoms with Gasteiger partial charge in [0.25, 0.3) is 0 Å². The highest BCUT2D eigenvalue weighted by atomic mass is 127. The van der Waals surface area contributed by atoms with E-state index in [0.29, 0.717) is 12.5 Å². The molecule has 0 spiro atoms. The third kappa shape index (κ3) is 9.12. The number of nitrogens with one attached hydrogen (secondary N) is 2. The minimum atomic E-state index is 0. The van der Waals surface area contributed by atoms with Crippen LogP contribution in [0.25, 0.3) is 0 Å². The molecule has 1 aromatic carbocycles. The van der Waals surface area contributed by atoms with Gasteiger partial charge in [0.15, 0.2) is 5.96 Å². The first kappa shape index (κ1) is 24.0. The number of halogens is 1. The maximum absolute atomic E-state index is 5.34. The number of methoxy groups -OCH3 is 1. The second-order valence-corrected chi connectivity index (χ2v) is 6.64. The SMILES string of the molecule is CCOCCNC(=NC)NCC1CCN(Cc2ccc(OC)cc2)CC1.I. The van der Waals surface area contributed by atoms with E-state index < -0.39 is 0 Å². The van der Waals surface area contributed by atoms with Crippen LogP contribution in [0.3, 0.4) is 0 Å². The highest BCUT2D eigenvalue weighted by molar-refractivity contribution is 14.0. The molecule has 0 unspecified atom stereocenters. The zero-order valence-electron chi connectivity index (χ0n) is 16.9. The van der Waals surface area contributed by atoms with Crippen LogP contribution in [-0.2, 0) is 11.3 Å². The molecule has 0 bridgehead atoms. The molecule has 0 radical (unpaired) electrons. The molecule has 6 nitrogen and oxygen atoms in total. The summed E-state index contributed by atoms with van der Waals surface area (Å²) in [5.74, 6) is 2.49. The molecule has 0 aliphatic carbocycles. The van der Waals surface area contributed by atoms with E-state index in [4.69, 9.17) is 9.47 Å². The number of hydrogen-bond donors (Lipinski definition) is 2. The maximum Gasteiger partial charge on any atom is 0.191 e. The van der Waals surface area contributed by atoms with Gasteiger partial charge in [-0.2, -0.15) is 0 Å². The van der Waals surface area contributed by atoms with Gasteiger partial charge in [-0.3, -0.25) is 9.89 Å². The highest BCUT2D eigenvalue weighted by Gasteiger charge is 2.19. The minimum Gasteiger partial charge on any atom is -0.497 e. The average molecular weight is 490 g/mol. The molecule has 0 aromatic heterocycles. The Labute approximate surface area is 181 Å². The molecule has 1 aromatic rings. The Balaban J connectivity index is 0.00000364. The number of likely N-dealkylation sites (tertiary alicyclic amines) is 1. The Morgan fingerprint density at radius 3 is 2.48 bits per heavy atom. The Bertz CT molecular complexity index is 531. The summed E-state index contributed by atoms with van der Waals surface area (Å²) >= 11 is 0. The number of piperidine rings is 1. The number of nitrogens with zero attached hydrogens (tertiary/aromatic N) is 2. The first-order chi connectivity index (χ1) is 12.7. The summed E-state index contributed by atoms with van der Waals surface area (Å²) in [7, 11) is 3.52. The van der Waals surface area contributed by atoms with Gasteiger partial charge in [0, 0.05) is 33.3 Å². The molecule has 1 aliphatic rings. The van der Waals surface area contributed by atoms with Crippen LogP contribution in [0.2, 0.25) is 0 Å². The van der Waals surface area contributed by atoms with E-state index in [-0.39, 0.29) is 24.0 Å². The lowest BCUT2D eigenvalue weighted by Crippen LogP contribution is -2.43. The molecule has 1 fully saturated rings. The summed E-state index contributed by atoms with van der Waals surface area (Å²) in [6.07, 6.45) is 2.44. The molecule has 154 valence electrons. The second kappa shape index (κ2) is 14.0. The fourth-order valence-corrected chi connectivity index (χ4v) is 3.19. The zero-order valence-corrected chi connectivity index (χ0v) is 19.2. The van der Waals surface area contributed by atoms with Crippen molar-refractivity contribution in [3.05, 3.63) is 29.8 Å². The van der Waals surface area contributed by atoms with Crippen LogP contribution in [0.15, 0.2) is 29.3 Å². The van der Waals surface area contributed by atoms with E-state index in [1.165, 1.54) is 18.4 Å².